The first-order valence-corrected chi connectivity index (χ1v) is 12.2. The summed E-state index contributed by atoms with van der Waals surface area (Å²) in [6.07, 6.45) is 21.9. The van der Waals surface area contributed by atoms with Gasteiger partial charge >= 0.3 is 0 Å². The molecule has 4 aliphatic rings. The second kappa shape index (κ2) is 9.13. The third kappa shape index (κ3) is 4.39. The third-order valence-corrected chi connectivity index (χ3v) is 8.69. The lowest BCUT2D eigenvalue weighted by atomic mass is 9.65. The van der Waals surface area contributed by atoms with Gasteiger partial charge in [-0.2, -0.15) is 0 Å². The van der Waals surface area contributed by atoms with Gasteiger partial charge in [-0.05, 0) is 93.8 Å². The van der Waals surface area contributed by atoms with E-state index in [1.54, 1.807) is 0 Å². The molecule has 0 bridgehead atoms. The van der Waals surface area contributed by atoms with Crippen molar-refractivity contribution in [2.75, 3.05) is 0 Å². The quantitative estimate of drug-likeness (QED) is 0.554. The number of nitrogens with zero attached hydrogens (tertiary/aromatic N) is 1. The Morgan fingerprint density at radius 2 is 1.07 bits per heavy atom. The predicted octanol–water partition coefficient (Wildman–Crippen LogP) is 5.88. The van der Waals surface area contributed by atoms with E-state index in [0.717, 1.165) is 42.4 Å². The summed E-state index contributed by atoms with van der Waals surface area (Å²) in [5.74, 6) is 4.59. The van der Waals surface area contributed by atoms with E-state index in [0.29, 0.717) is 0 Å². The average molecular weight is 386 g/mol. The first kappa shape index (κ1) is 20.2. The molecule has 1 aliphatic heterocycles. The van der Waals surface area contributed by atoms with Crippen LogP contribution in [-0.4, -0.2) is 22.8 Å². The zero-order valence-corrected chi connectivity index (χ0v) is 17.8. The number of hydrogen-bond acceptors (Lipinski definition) is 2. The summed E-state index contributed by atoms with van der Waals surface area (Å²) < 4.78 is 0. The van der Waals surface area contributed by atoms with E-state index in [-0.39, 0.29) is 17.9 Å². The highest BCUT2D eigenvalue weighted by Gasteiger charge is 2.38. The normalized spacial score (nSPS) is 39.5. The van der Waals surface area contributed by atoms with Crippen molar-refractivity contribution in [2.45, 2.75) is 103 Å². The van der Waals surface area contributed by atoms with Crippen molar-refractivity contribution in [3.05, 3.63) is 12.2 Å². The van der Waals surface area contributed by atoms with Gasteiger partial charge in [0.15, 0.2) is 0 Å². The molecule has 4 rings (SSSR count). The number of carbonyl (C=O) groups excluding carboxylic acids is 2. The van der Waals surface area contributed by atoms with Gasteiger partial charge in [0.25, 0.3) is 11.8 Å². The van der Waals surface area contributed by atoms with Crippen LogP contribution >= 0.6 is 0 Å². The van der Waals surface area contributed by atoms with E-state index >= 15 is 0 Å². The first-order valence-electron chi connectivity index (χ1n) is 12.2. The fourth-order valence-corrected chi connectivity index (χ4v) is 7.05. The van der Waals surface area contributed by atoms with Gasteiger partial charge < -0.3 is 0 Å². The number of imide groups is 1. The largest absolute Gasteiger partial charge is 0.272 e. The molecule has 0 spiro atoms. The van der Waals surface area contributed by atoms with Crippen LogP contribution in [0.3, 0.4) is 0 Å². The van der Waals surface area contributed by atoms with E-state index in [2.05, 4.69) is 6.92 Å². The van der Waals surface area contributed by atoms with E-state index in [1.807, 2.05) is 0 Å². The molecule has 0 atom stereocenters. The monoisotopic (exact) mass is 385 g/mol. The topological polar surface area (TPSA) is 37.4 Å². The molecule has 3 saturated carbocycles. The summed E-state index contributed by atoms with van der Waals surface area (Å²) in [4.78, 5) is 25.4. The SMILES string of the molecule is CCCC1CCC(C2CCC(C3CCC(N4C(=O)C=CC4=O)CC3)CC2)CC1. The molecule has 1 heterocycles. The maximum absolute atomic E-state index is 11.9. The van der Waals surface area contributed by atoms with Crippen LogP contribution < -0.4 is 0 Å². The van der Waals surface area contributed by atoms with E-state index in [1.165, 1.54) is 94.1 Å². The minimum Gasteiger partial charge on any atom is -0.272 e. The molecular weight excluding hydrogens is 346 g/mol. The molecule has 156 valence electrons. The van der Waals surface area contributed by atoms with Gasteiger partial charge in [-0.15, -0.1) is 0 Å². The predicted molar refractivity (Wildman–Crippen MR) is 113 cm³/mol. The molecule has 3 fully saturated rings. The van der Waals surface area contributed by atoms with Crippen LogP contribution in [0.15, 0.2) is 12.2 Å². The summed E-state index contributed by atoms with van der Waals surface area (Å²) >= 11 is 0. The lowest BCUT2D eigenvalue weighted by Crippen LogP contribution is -2.43. The average Bonchev–Trinajstić information content (AvgIpc) is 3.07. The zero-order chi connectivity index (χ0) is 19.5. The Bertz CT molecular complexity index is 555. The Morgan fingerprint density at radius 1 is 0.679 bits per heavy atom. The van der Waals surface area contributed by atoms with Gasteiger partial charge in [0.05, 0.1) is 0 Å². The standard InChI is InChI=1S/C25H39NO2/c1-2-3-18-4-6-19(7-5-18)20-8-10-21(11-9-20)22-12-14-23(15-13-22)26-24(27)16-17-25(26)28/h16-23H,2-15H2,1H3. The summed E-state index contributed by atoms with van der Waals surface area (Å²) in [6, 6.07) is 0.154. The van der Waals surface area contributed by atoms with Gasteiger partial charge in [-0.1, -0.05) is 32.6 Å². The van der Waals surface area contributed by atoms with Crippen LogP contribution in [0.2, 0.25) is 0 Å². The summed E-state index contributed by atoms with van der Waals surface area (Å²) in [7, 11) is 0. The molecule has 0 aromatic heterocycles. The highest BCUT2D eigenvalue weighted by molar-refractivity contribution is 6.13. The minimum atomic E-state index is -0.0948. The van der Waals surface area contributed by atoms with Crippen molar-refractivity contribution in [3.8, 4) is 0 Å². The molecule has 0 radical (unpaired) electrons. The Labute approximate surface area is 171 Å². The molecule has 0 saturated heterocycles. The summed E-state index contributed by atoms with van der Waals surface area (Å²) in [5.41, 5.74) is 0. The molecule has 0 unspecified atom stereocenters. The van der Waals surface area contributed by atoms with E-state index in [4.69, 9.17) is 0 Å². The molecule has 0 N–H and O–H groups in total. The summed E-state index contributed by atoms with van der Waals surface area (Å²) in [6.45, 7) is 2.33. The lowest BCUT2D eigenvalue weighted by Gasteiger charge is -2.42. The molecule has 0 aromatic rings. The number of rotatable bonds is 5. The van der Waals surface area contributed by atoms with E-state index < -0.39 is 0 Å². The van der Waals surface area contributed by atoms with Crippen molar-refractivity contribution in [1.82, 2.24) is 4.90 Å². The Morgan fingerprint density at radius 3 is 1.50 bits per heavy atom. The minimum absolute atomic E-state index is 0.0948. The molecule has 2 amide bonds. The van der Waals surface area contributed by atoms with Gasteiger partial charge in [-0.25, -0.2) is 0 Å². The Balaban J connectivity index is 1.19. The molecule has 3 aliphatic carbocycles. The molecule has 3 heteroatoms. The van der Waals surface area contributed by atoms with Crippen LogP contribution in [0.1, 0.15) is 96.8 Å². The maximum Gasteiger partial charge on any atom is 0.253 e. The highest BCUT2D eigenvalue weighted by atomic mass is 16.2. The first-order chi connectivity index (χ1) is 13.7. The molecular formula is C25H39NO2. The Kier molecular flexibility index (Phi) is 6.58. The van der Waals surface area contributed by atoms with Crippen molar-refractivity contribution in [1.29, 1.82) is 0 Å². The number of carbonyl (C=O) groups is 2. The van der Waals surface area contributed by atoms with Crippen LogP contribution in [0.5, 0.6) is 0 Å². The van der Waals surface area contributed by atoms with Crippen molar-refractivity contribution in [3.63, 3.8) is 0 Å². The fraction of sp³-hybridized carbons (Fsp3) is 0.840. The fourth-order valence-electron chi connectivity index (χ4n) is 7.05. The van der Waals surface area contributed by atoms with Crippen molar-refractivity contribution >= 4 is 11.8 Å². The molecule has 28 heavy (non-hydrogen) atoms. The van der Waals surface area contributed by atoms with Crippen LogP contribution in [0.4, 0.5) is 0 Å². The van der Waals surface area contributed by atoms with Crippen LogP contribution in [-0.2, 0) is 9.59 Å². The molecule has 0 aromatic carbocycles. The van der Waals surface area contributed by atoms with Crippen LogP contribution in [0.25, 0.3) is 0 Å². The van der Waals surface area contributed by atoms with Gasteiger partial charge in [-0.3, -0.25) is 14.5 Å². The molecule has 3 nitrogen and oxygen atoms in total. The second-order valence-electron chi connectivity index (χ2n) is 10.2. The van der Waals surface area contributed by atoms with Gasteiger partial charge in [0.1, 0.15) is 0 Å². The number of amides is 2. The zero-order valence-electron chi connectivity index (χ0n) is 17.8. The van der Waals surface area contributed by atoms with E-state index in [9.17, 15) is 9.59 Å². The number of hydrogen-bond donors (Lipinski definition) is 0. The lowest BCUT2D eigenvalue weighted by molar-refractivity contribution is -0.140. The van der Waals surface area contributed by atoms with Crippen LogP contribution in [0, 0.1) is 29.6 Å². The van der Waals surface area contributed by atoms with Gasteiger partial charge in [0.2, 0.25) is 0 Å². The van der Waals surface area contributed by atoms with Gasteiger partial charge in [0, 0.05) is 18.2 Å². The second-order valence-corrected chi connectivity index (χ2v) is 10.2. The summed E-state index contributed by atoms with van der Waals surface area (Å²) in [5, 5.41) is 0. The Hall–Kier alpha value is -1.12. The maximum atomic E-state index is 11.9. The highest BCUT2D eigenvalue weighted by Crippen LogP contribution is 2.46. The van der Waals surface area contributed by atoms with Crippen molar-refractivity contribution in [2.24, 2.45) is 29.6 Å². The van der Waals surface area contributed by atoms with Crippen molar-refractivity contribution < 1.29 is 9.59 Å². The third-order valence-electron chi connectivity index (χ3n) is 8.69. The smallest absolute Gasteiger partial charge is 0.253 e.